The molecule has 0 saturated carbocycles. The molecule has 0 amide bonds. The van der Waals surface area contributed by atoms with Gasteiger partial charge in [0, 0.05) is 45.3 Å². The molecule has 0 aliphatic carbocycles. The minimum atomic E-state index is 0. The molecule has 0 spiro atoms. The summed E-state index contributed by atoms with van der Waals surface area (Å²) in [5, 5.41) is 3.43. The van der Waals surface area contributed by atoms with Crippen molar-refractivity contribution in [1.82, 2.24) is 10.2 Å². The first kappa shape index (κ1) is 23.6. The van der Waals surface area contributed by atoms with Crippen LogP contribution in [0.15, 0.2) is 29.8 Å². The Morgan fingerprint density at radius 3 is 2.74 bits per heavy atom. The lowest BCUT2D eigenvalue weighted by Gasteiger charge is -2.24. The van der Waals surface area contributed by atoms with E-state index in [0.717, 1.165) is 61.2 Å². The lowest BCUT2D eigenvalue weighted by Crippen LogP contribution is -2.41. The molecule has 1 aromatic rings. The molecule has 1 aliphatic rings. The molecule has 1 saturated heterocycles. The van der Waals surface area contributed by atoms with E-state index in [0.29, 0.717) is 12.5 Å². The Balaban J connectivity index is 0.00000364. The first-order valence-corrected chi connectivity index (χ1v) is 8.97. The topological polar surface area (TPSA) is 55.3 Å². The van der Waals surface area contributed by atoms with Crippen molar-refractivity contribution in [2.45, 2.75) is 19.4 Å². The molecule has 0 bridgehead atoms. The summed E-state index contributed by atoms with van der Waals surface area (Å²) in [4.78, 5) is 6.56. The zero-order chi connectivity index (χ0) is 18.9. The van der Waals surface area contributed by atoms with E-state index in [1.54, 1.807) is 14.2 Å². The largest absolute Gasteiger partial charge is 0.493 e. The summed E-state index contributed by atoms with van der Waals surface area (Å²) in [6.07, 6.45) is 3.70. The zero-order valence-electron chi connectivity index (χ0n) is 16.8. The van der Waals surface area contributed by atoms with Crippen molar-refractivity contribution in [3.05, 3.63) is 35.9 Å². The van der Waals surface area contributed by atoms with E-state index in [9.17, 15) is 0 Å². The van der Waals surface area contributed by atoms with E-state index in [1.807, 2.05) is 19.2 Å². The fourth-order valence-corrected chi connectivity index (χ4v) is 3.28. The second-order valence-electron chi connectivity index (χ2n) is 6.49. The molecule has 7 heteroatoms. The SMILES string of the molecule is C=CCc1cc(CNC(=NC)N(C)CC2CCOC2)cc(OC)c1OC.I. The maximum Gasteiger partial charge on any atom is 0.193 e. The average Bonchev–Trinajstić information content (AvgIpc) is 3.15. The first-order chi connectivity index (χ1) is 12.6. The second-order valence-corrected chi connectivity index (χ2v) is 6.49. The predicted molar refractivity (Wildman–Crippen MR) is 121 cm³/mol. The van der Waals surface area contributed by atoms with Crippen LogP contribution in [0.1, 0.15) is 17.5 Å². The number of nitrogens with zero attached hydrogens (tertiary/aromatic N) is 2. The summed E-state index contributed by atoms with van der Waals surface area (Å²) in [6.45, 7) is 7.12. The summed E-state index contributed by atoms with van der Waals surface area (Å²) < 4.78 is 16.5. The second kappa shape index (κ2) is 12.1. The molecule has 152 valence electrons. The number of methoxy groups -OCH3 is 2. The predicted octanol–water partition coefficient (Wildman–Crippen LogP) is 3.09. The van der Waals surface area contributed by atoms with E-state index < -0.39 is 0 Å². The van der Waals surface area contributed by atoms with Crippen LogP contribution in [-0.4, -0.2) is 58.9 Å². The van der Waals surface area contributed by atoms with Gasteiger partial charge in [0.15, 0.2) is 17.5 Å². The Morgan fingerprint density at radius 1 is 1.41 bits per heavy atom. The number of nitrogens with one attached hydrogen (secondary N) is 1. The van der Waals surface area contributed by atoms with Gasteiger partial charge >= 0.3 is 0 Å². The molecule has 1 N–H and O–H groups in total. The van der Waals surface area contributed by atoms with Crippen molar-refractivity contribution in [3.63, 3.8) is 0 Å². The lowest BCUT2D eigenvalue weighted by atomic mass is 10.1. The minimum Gasteiger partial charge on any atom is -0.493 e. The van der Waals surface area contributed by atoms with Gasteiger partial charge in [0.05, 0.1) is 20.8 Å². The average molecular weight is 489 g/mol. The van der Waals surface area contributed by atoms with Gasteiger partial charge in [0.1, 0.15) is 0 Å². The fraction of sp³-hybridized carbons (Fsp3) is 0.550. The van der Waals surface area contributed by atoms with Gasteiger partial charge in [-0.05, 0) is 30.5 Å². The van der Waals surface area contributed by atoms with E-state index >= 15 is 0 Å². The van der Waals surface area contributed by atoms with Gasteiger partial charge in [0.25, 0.3) is 0 Å². The highest BCUT2D eigenvalue weighted by atomic mass is 127. The van der Waals surface area contributed by atoms with Gasteiger partial charge in [-0.2, -0.15) is 0 Å². The normalized spacial score (nSPS) is 16.4. The van der Waals surface area contributed by atoms with Crippen LogP contribution in [0.3, 0.4) is 0 Å². The molecule has 1 aliphatic heterocycles. The Kier molecular flexibility index (Phi) is 10.5. The maximum atomic E-state index is 5.50. The fourth-order valence-electron chi connectivity index (χ4n) is 3.28. The van der Waals surface area contributed by atoms with Crippen LogP contribution >= 0.6 is 24.0 Å². The van der Waals surface area contributed by atoms with Crippen molar-refractivity contribution in [2.24, 2.45) is 10.9 Å². The third-order valence-electron chi connectivity index (χ3n) is 4.56. The Morgan fingerprint density at radius 2 is 2.19 bits per heavy atom. The quantitative estimate of drug-likeness (QED) is 0.263. The number of hydrogen-bond donors (Lipinski definition) is 1. The number of halogens is 1. The smallest absolute Gasteiger partial charge is 0.193 e. The van der Waals surface area contributed by atoms with E-state index in [-0.39, 0.29) is 24.0 Å². The van der Waals surface area contributed by atoms with Crippen LogP contribution in [-0.2, 0) is 17.7 Å². The number of benzene rings is 1. The molecular formula is C20H32IN3O3. The van der Waals surface area contributed by atoms with E-state index in [2.05, 4.69) is 34.9 Å². The third kappa shape index (κ3) is 6.57. The molecule has 6 nitrogen and oxygen atoms in total. The molecule has 0 radical (unpaired) electrons. The number of ether oxygens (including phenoxy) is 3. The highest BCUT2D eigenvalue weighted by molar-refractivity contribution is 14.0. The van der Waals surface area contributed by atoms with Crippen LogP contribution in [0.2, 0.25) is 0 Å². The van der Waals surface area contributed by atoms with Crippen molar-refractivity contribution >= 4 is 29.9 Å². The van der Waals surface area contributed by atoms with Gasteiger partial charge in [-0.3, -0.25) is 4.99 Å². The number of aliphatic imine (C=N–C) groups is 1. The standard InChI is InChI=1S/C20H31N3O3.HI/c1-6-7-17-10-16(11-18(24-4)19(17)25-5)12-22-20(21-2)23(3)13-15-8-9-26-14-15;/h6,10-11,15H,1,7-9,12-14H2,2-5H3,(H,21,22);1H. The van der Waals surface area contributed by atoms with Gasteiger partial charge in [-0.15, -0.1) is 30.6 Å². The van der Waals surface area contributed by atoms with Crippen LogP contribution in [0.4, 0.5) is 0 Å². The van der Waals surface area contributed by atoms with Crippen molar-refractivity contribution in [1.29, 1.82) is 0 Å². The third-order valence-corrected chi connectivity index (χ3v) is 4.56. The Bertz CT molecular complexity index is 631. The molecule has 1 unspecified atom stereocenters. The number of allylic oxidation sites excluding steroid dienone is 1. The minimum absolute atomic E-state index is 0. The van der Waals surface area contributed by atoms with Gasteiger partial charge in [-0.1, -0.05) is 6.08 Å². The summed E-state index contributed by atoms with van der Waals surface area (Å²) >= 11 is 0. The van der Waals surface area contributed by atoms with Crippen LogP contribution in [0.25, 0.3) is 0 Å². The van der Waals surface area contributed by atoms with Crippen LogP contribution in [0.5, 0.6) is 11.5 Å². The Hall–Kier alpha value is -1.48. The molecule has 1 aromatic carbocycles. The number of hydrogen-bond acceptors (Lipinski definition) is 4. The molecule has 1 atom stereocenters. The number of rotatable bonds is 8. The van der Waals surface area contributed by atoms with Crippen molar-refractivity contribution < 1.29 is 14.2 Å². The van der Waals surface area contributed by atoms with Crippen LogP contribution < -0.4 is 14.8 Å². The number of guanidine groups is 1. The molecule has 0 aromatic heterocycles. The monoisotopic (exact) mass is 489 g/mol. The van der Waals surface area contributed by atoms with Gasteiger partial charge in [-0.25, -0.2) is 0 Å². The summed E-state index contributed by atoms with van der Waals surface area (Å²) in [5.74, 6) is 2.93. The molecule has 2 rings (SSSR count). The highest BCUT2D eigenvalue weighted by Gasteiger charge is 2.19. The molecule has 1 fully saturated rings. The maximum absolute atomic E-state index is 5.50. The van der Waals surface area contributed by atoms with Crippen molar-refractivity contribution in [3.8, 4) is 11.5 Å². The van der Waals surface area contributed by atoms with Crippen LogP contribution in [0, 0.1) is 5.92 Å². The van der Waals surface area contributed by atoms with Crippen molar-refractivity contribution in [2.75, 3.05) is 48.1 Å². The van der Waals surface area contributed by atoms with E-state index in [1.165, 1.54) is 0 Å². The van der Waals surface area contributed by atoms with Gasteiger partial charge in [0.2, 0.25) is 0 Å². The van der Waals surface area contributed by atoms with Gasteiger partial charge < -0.3 is 24.4 Å². The first-order valence-electron chi connectivity index (χ1n) is 8.97. The summed E-state index contributed by atoms with van der Waals surface area (Å²) in [7, 11) is 7.18. The molecule has 27 heavy (non-hydrogen) atoms. The summed E-state index contributed by atoms with van der Waals surface area (Å²) in [6, 6.07) is 4.12. The van der Waals surface area contributed by atoms with E-state index in [4.69, 9.17) is 14.2 Å². The molecule has 1 heterocycles. The molecular weight excluding hydrogens is 457 g/mol. The Labute approximate surface area is 180 Å². The zero-order valence-corrected chi connectivity index (χ0v) is 19.1. The highest BCUT2D eigenvalue weighted by Crippen LogP contribution is 2.33. The summed E-state index contributed by atoms with van der Waals surface area (Å²) in [5.41, 5.74) is 2.17. The lowest BCUT2D eigenvalue weighted by molar-refractivity contribution is 0.181.